The van der Waals surface area contributed by atoms with Crippen LogP contribution in [0.15, 0.2) is 24.3 Å². The Hall–Kier alpha value is -1.82. The van der Waals surface area contributed by atoms with Gasteiger partial charge < -0.3 is 9.88 Å². The summed E-state index contributed by atoms with van der Waals surface area (Å²) >= 11 is 1.65. The largest absolute Gasteiger partial charge is 0.355 e. The van der Waals surface area contributed by atoms with Crippen molar-refractivity contribution in [1.29, 1.82) is 0 Å². The minimum absolute atomic E-state index is 0.0905. The molecule has 3 rings (SSSR count). The molecule has 2 aromatic rings. The summed E-state index contributed by atoms with van der Waals surface area (Å²) in [5.41, 5.74) is 2.52. The van der Waals surface area contributed by atoms with Crippen LogP contribution in [0.3, 0.4) is 0 Å². The Kier molecular flexibility index (Phi) is 6.50. The molecule has 0 bridgehead atoms. The smallest absolute Gasteiger partial charge is 0.230 e. The third-order valence-electron chi connectivity index (χ3n) is 4.48. The minimum atomic E-state index is 0.0905. The van der Waals surface area contributed by atoms with Gasteiger partial charge in [0.2, 0.25) is 5.91 Å². The normalized spacial score (nSPS) is 14.0. The maximum atomic E-state index is 12.0. The molecule has 0 radical (unpaired) electrons. The molecule has 1 aliphatic heterocycles. The second kappa shape index (κ2) is 9.04. The lowest BCUT2D eigenvalue weighted by molar-refractivity contribution is -0.118. The number of nitrogens with one attached hydrogen (secondary N) is 1. The average Bonchev–Trinajstić information content (AvgIpc) is 2.84. The third kappa shape index (κ3) is 5.33. The number of aryl methyl sites for hydroxylation is 2. The van der Waals surface area contributed by atoms with Gasteiger partial charge in [0.05, 0.1) is 5.75 Å². The predicted octanol–water partition coefficient (Wildman–Crippen LogP) is 2.91. The number of aromatic nitrogens is 3. The first-order valence-corrected chi connectivity index (χ1v) is 10.2. The summed E-state index contributed by atoms with van der Waals surface area (Å²) < 4.78 is 2.24. The first-order chi connectivity index (χ1) is 12.2. The van der Waals surface area contributed by atoms with Gasteiger partial charge in [-0.25, -0.2) is 0 Å². The van der Waals surface area contributed by atoms with Crippen LogP contribution in [0.25, 0.3) is 0 Å². The molecular weight excluding hydrogens is 332 g/mol. The van der Waals surface area contributed by atoms with E-state index in [0.717, 1.165) is 36.8 Å². The van der Waals surface area contributed by atoms with Gasteiger partial charge in [-0.1, -0.05) is 36.2 Å². The molecule has 0 atom stereocenters. The van der Waals surface area contributed by atoms with E-state index in [1.54, 1.807) is 11.8 Å². The Labute approximate surface area is 153 Å². The number of hydrogen-bond acceptors (Lipinski definition) is 4. The summed E-state index contributed by atoms with van der Waals surface area (Å²) in [5, 5.41) is 11.6. The second-order valence-electron chi connectivity index (χ2n) is 6.57. The number of nitrogens with zero attached hydrogens (tertiary/aromatic N) is 3. The van der Waals surface area contributed by atoms with E-state index >= 15 is 0 Å². The molecule has 1 amide bonds. The van der Waals surface area contributed by atoms with Crippen LogP contribution in [0.4, 0.5) is 0 Å². The molecule has 6 heteroatoms. The average molecular weight is 359 g/mol. The SMILES string of the molecule is Cc1ccc(CSCC(=O)NCCc2nnc3n2CCCCC3)cc1. The number of fused-ring (bicyclic) bond motifs is 1. The number of benzene rings is 1. The molecule has 1 aromatic heterocycles. The molecule has 0 fully saturated rings. The molecule has 0 aliphatic carbocycles. The summed E-state index contributed by atoms with van der Waals surface area (Å²) in [6.07, 6.45) is 5.43. The standard InChI is InChI=1S/C19H26N4OS/c1-15-6-8-16(9-7-15)13-25-14-19(24)20-11-10-18-22-21-17-5-3-2-4-12-23(17)18/h6-9H,2-5,10-14H2,1H3,(H,20,24). The van der Waals surface area contributed by atoms with Gasteiger partial charge in [-0.05, 0) is 25.3 Å². The number of carbonyl (C=O) groups is 1. The van der Waals surface area contributed by atoms with Crippen molar-refractivity contribution >= 4 is 17.7 Å². The first-order valence-electron chi connectivity index (χ1n) is 9.03. The molecule has 0 saturated heterocycles. The van der Waals surface area contributed by atoms with Crippen molar-refractivity contribution in [2.45, 2.75) is 51.3 Å². The van der Waals surface area contributed by atoms with Crippen LogP contribution in [0.2, 0.25) is 0 Å². The summed E-state index contributed by atoms with van der Waals surface area (Å²) in [6, 6.07) is 8.46. The van der Waals surface area contributed by atoms with Gasteiger partial charge in [0.1, 0.15) is 11.6 Å². The molecule has 1 aromatic carbocycles. The van der Waals surface area contributed by atoms with Gasteiger partial charge in [-0.2, -0.15) is 0 Å². The highest BCUT2D eigenvalue weighted by Gasteiger charge is 2.14. The molecule has 5 nitrogen and oxygen atoms in total. The lowest BCUT2D eigenvalue weighted by atomic mass is 10.2. The maximum absolute atomic E-state index is 12.0. The topological polar surface area (TPSA) is 59.8 Å². The van der Waals surface area contributed by atoms with Crippen LogP contribution in [-0.2, 0) is 29.9 Å². The Bertz CT molecular complexity index is 696. The highest BCUT2D eigenvalue weighted by atomic mass is 32.2. The lowest BCUT2D eigenvalue weighted by Crippen LogP contribution is -2.28. The maximum Gasteiger partial charge on any atom is 0.230 e. The van der Waals surface area contributed by atoms with E-state index in [1.165, 1.54) is 30.4 Å². The van der Waals surface area contributed by atoms with Gasteiger partial charge in [-0.3, -0.25) is 4.79 Å². The van der Waals surface area contributed by atoms with Crippen molar-refractivity contribution < 1.29 is 4.79 Å². The van der Waals surface area contributed by atoms with E-state index in [-0.39, 0.29) is 5.91 Å². The fraction of sp³-hybridized carbons (Fsp3) is 0.526. The number of amides is 1. The van der Waals surface area contributed by atoms with Gasteiger partial charge in [0.15, 0.2) is 0 Å². The van der Waals surface area contributed by atoms with Gasteiger partial charge in [-0.15, -0.1) is 22.0 Å². The summed E-state index contributed by atoms with van der Waals surface area (Å²) in [4.78, 5) is 12.0. The van der Waals surface area contributed by atoms with Crippen molar-refractivity contribution in [3.05, 3.63) is 47.0 Å². The van der Waals surface area contributed by atoms with E-state index in [9.17, 15) is 4.79 Å². The summed E-state index contributed by atoms with van der Waals surface area (Å²) in [6.45, 7) is 3.72. The monoisotopic (exact) mass is 358 g/mol. The highest BCUT2D eigenvalue weighted by Crippen LogP contribution is 2.15. The number of rotatable bonds is 7. The predicted molar refractivity (Wildman–Crippen MR) is 102 cm³/mol. The van der Waals surface area contributed by atoms with E-state index in [4.69, 9.17) is 0 Å². The first kappa shape index (κ1) is 18.0. The van der Waals surface area contributed by atoms with Crippen LogP contribution < -0.4 is 5.32 Å². The molecule has 0 saturated carbocycles. The Balaban J connectivity index is 1.37. The third-order valence-corrected chi connectivity index (χ3v) is 5.48. The van der Waals surface area contributed by atoms with Gasteiger partial charge in [0, 0.05) is 31.7 Å². The highest BCUT2D eigenvalue weighted by molar-refractivity contribution is 7.99. The molecular formula is C19H26N4OS. The van der Waals surface area contributed by atoms with Crippen LogP contribution >= 0.6 is 11.8 Å². The molecule has 0 spiro atoms. The van der Waals surface area contributed by atoms with Crippen molar-refractivity contribution in [3.63, 3.8) is 0 Å². The molecule has 0 unspecified atom stereocenters. The van der Waals surface area contributed by atoms with Crippen molar-refractivity contribution in [1.82, 2.24) is 20.1 Å². The number of carbonyl (C=O) groups excluding carboxylic acids is 1. The van der Waals surface area contributed by atoms with E-state index in [1.807, 2.05) is 0 Å². The van der Waals surface area contributed by atoms with Crippen LogP contribution in [-0.4, -0.2) is 33.0 Å². The zero-order valence-electron chi connectivity index (χ0n) is 14.8. The molecule has 1 N–H and O–H groups in total. The zero-order valence-corrected chi connectivity index (χ0v) is 15.6. The number of thioether (sulfide) groups is 1. The minimum Gasteiger partial charge on any atom is -0.355 e. The lowest BCUT2D eigenvalue weighted by Gasteiger charge is -2.08. The van der Waals surface area contributed by atoms with Crippen LogP contribution in [0.5, 0.6) is 0 Å². The fourth-order valence-corrected chi connectivity index (χ4v) is 3.86. The fourth-order valence-electron chi connectivity index (χ4n) is 3.04. The molecule has 2 heterocycles. The zero-order chi connectivity index (χ0) is 17.5. The molecule has 134 valence electrons. The van der Waals surface area contributed by atoms with Gasteiger partial charge >= 0.3 is 0 Å². The van der Waals surface area contributed by atoms with E-state index in [0.29, 0.717) is 12.3 Å². The second-order valence-corrected chi connectivity index (χ2v) is 7.56. The summed E-state index contributed by atoms with van der Waals surface area (Å²) in [5.74, 6) is 3.56. The van der Waals surface area contributed by atoms with Crippen molar-refractivity contribution in [2.24, 2.45) is 0 Å². The Morgan fingerprint density at radius 1 is 1.20 bits per heavy atom. The van der Waals surface area contributed by atoms with Crippen molar-refractivity contribution in [2.75, 3.05) is 12.3 Å². The van der Waals surface area contributed by atoms with E-state index in [2.05, 4.69) is 51.3 Å². The molecule has 1 aliphatic rings. The van der Waals surface area contributed by atoms with E-state index < -0.39 is 0 Å². The van der Waals surface area contributed by atoms with Crippen LogP contribution in [0, 0.1) is 6.92 Å². The summed E-state index contributed by atoms with van der Waals surface area (Å²) in [7, 11) is 0. The quantitative estimate of drug-likeness (QED) is 0.827. The molecule has 25 heavy (non-hydrogen) atoms. The Morgan fingerprint density at radius 2 is 2.04 bits per heavy atom. The Morgan fingerprint density at radius 3 is 2.88 bits per heavy atom. The van der Waals surface area contributed by atoms with Crippen molar-refractivity contribution in [3.8, 4) is 0 Å². The van der Waals surface area contributed by atoms with Crippen LogP contribution in [0.1, 0.15) is 42.0 Å². The number of hydrogen-bond donors (Lipinski definition) is 1. The van der Waals surface area contributed by atoms with Gasteiger partial charge in [0.25, 0.3) is 0 Å².